The maximum absolute atomic E-state index is 10.6. The zero-order valence-electron chi connectivity index (χ0n) is 17.3. The van der Waals surface area contributed by atoms with Gasteiger partial charge in [-0.25, -0.2) is 0 Å². The average Bonchev–Trinajstić information content (AvgIpc) is 2.66. The molecule has 0 fully saturated rings. The van der Waals surface area contributed by atoms with E-state index in [1.807, 2.05) is 0 Å². The molecule has 0 aliphatic rings. The topological polar surface area (TPSA) is 69.6 Å². The van der Waals surface area contributed by atoms with Gasteiger partial charge in [-0.3, -0.25) is 4.79 Å². The number of anilines is 1. The summed E-state index contributed by atoms with van der Waals surface area (Å²) in [4.78, 5) is 10.6. The van der Waals surface area contributed by atoms with E-state index in [1.165, 1.54) is 70.3 Å². The lowest BCUT2D eigenvalue weighted by Gasteiger charge is -2.16. The third-order valence-electron chi connectivity index (χ3n) is 5.35. The fraction of sp³-hybridized carbons (Fsp3) is 0.696. The summed E-state index contributed by atoms with van der Waals surface area (Å²) >= 11 is 0. The minimum absolute atomic E-state index is 0.0109. The van der Waals surface area contributed by atoms with Crippen LogP contribution in [0.3, 0.4) is 0 Å². The van der Waals surface area contributed by atoms with Crippen LogP contribution in [-0.4, -0.2) is 16.6 Å². The van der Waals surface area contributed by atoms with Crippen molar-refractivity contribution in [1.82, 2.24) is 0 Å². The van der Waals surface area contributed by atoms with Crippen molar-refractivity contribution >= 4 is 12.1 Å². The highest BCUT2D eigenvalue weighted by molar-refractivity contribution is 5.75. The number of hydrogen-bond acceptors (Lipinski definition) is 3. The number of rotatable bonds is 16. The fourth-order valence-electron chi connectivity index (χ4n) is 3.50. The van der Waals surface area contributed by atoms with Crippen LogP contribution in [0.15, 0.2) is 18.2 Å². The molecule has 0 aromatic heterocycles. The second-order valence-corrected chi connectivity index (χ2v) is 7.85. The Hall–Kier alpha value is -1.55. The highest BCUT2D eigenvalue weighted by atomic mass is 16.3. The fourth-order valence-corrected chi connectivity index (χ4v) is 3.50. The largest absolute Gasteiger partial charge is 0.506 e. The Morgan fingerprint density at radius 1 is 0.963 bits per heavy atom. The Labute approximate surface area is 165 Å². The Kier molecular flexibility index (Phi) is 12.6. The Morgan fingerprint density at radius 2 is 1.59 bits per heavy atom. The summed E-state index contributed by atoms with van der Waals surface area (Å²) in [5.74, 6) is 0.616. The first-order chi connectivity index (χ1) is 13.1. The summed E-state index contributed by atoms with van der Waals surface area (Å²) in [7, 11) is 0. The van der Waals surface area contributed by atoms with Crippen molar-refractivity contribution in [3.63, 3.8) is 0 Å². The van der Waals surface area contributed by atoms with Crippen molar-refractivity contribution in [2.45, 2.75) is 97.0 Å². The molecule has 1 amide bonds. The summed E-state index contributed by atoms with van der Waals surface area (Å²) in [6.45, 7) is 4.51. The van der Waals surface area contributed by atoms with Gasteiger partial charge < -0.3 is 15.5 Å². The maximum Gasteiger partial charge on any atom is 0.211 e. The predicted molar refractivity (Wildman–Crippen MR) is 113 cm³/mol. The summed E-state index contributed by atoms with van der Waals surface area (Å²) in [6.07, 6.45) is 15.0. The summed E-state index contributed by atoms with van der Waals surface area (Å²) in [6, 6.07) is 4.86. The van der Waals surface area contributed by atoms with E-state index in [0.29, 0.717) is 24.4 Å². The molecule has 0 saturated carbocycles. The molecule has 1 aromatic carbocycles. The number of carbonyl (C=O) groups excluding carboxylic acids is 1. The standard InChI is InChI=1S/C23H39NO3/c1-3-4-5-6-7-8-9-10-11-12-19(2)13-15-22(26)20-14-16-23(27)21(17-20)24-18-25/h14,16-19,22,26-27H,3-13,15H2,1-2H3,(H,24,25)/t19?,22-/m0/s1. The van der Waals surface area contributed by atoms with Gasteiger partial charge in [-0.15, -0.1) is 0 Å². The van der Waals surface area contributed by atoms with E-state index in [0.717, 1.165) is 12.0 Å². The van der Waals surface area contributed by atoms with E-state index in [2.05, 4.69) is 19.2 Å². The van der Waals surface area contributed by atoms with E-state index < -0.39 is 6.10 Å². The molecule has 0 saturated heterocycles. The number of carbonyl (C=O) groups is 1. The van der Waals surface area contributed by atoms with Gasteiger partial charge in [-0.1, -0.05) is 84.1 Å². The monoisotopic (exact) mass is 377 g/mol. The van der Waals surface area contributed by atoms with E-state index in [4.69, 9.17) is 0 Å². The molecule has 0 bridgehead atoms. The van der Waals surface area contributed by atoms with Gasteiger partial charge in [0.1, 0.15) is 5.75 Å². The van der Waals surface area contributed by atoms with Gasteiger partial charge in [-0.2, -0.15) is 0 Å². The van der Waals surface area contributed by atoms with Crippen molar-refractivity contribution in [1.29, 1.82) is 0 Å². The van der Waals surface area contributed by atoms with E-state index in [9.17, 15) is 15.0 Å². The molecule has 0 heterocycles. The molecule has 154 valence electrons. The lowest BCUT2D eigenvalue weighted by Crippen LogP contribution is -2.03. The van der Waals surface area contributed by atoms with Crippen LogP contribution < -0.4 is 5.32 Å². The van der Waals surface area contributed by atoms with Crippen LogP contribution in [0.25, 0.3) is 0 Å². The third kappa shape index (κ3) is 10.4. The van der Waals surface area contributed by atoms with Crippen LogP contribution in [0.4, 0.5) is 5.69 Å². The van der Waals surface area contributed by atoms with Crippen molar-refractivity contribution < 1.29 is 15.0 Å². The minimum atomic E-state index is -0.566. The number of amides is 1. The lowest BCUT2D eigenvalue weighted by atomic mass is 9.94. The number of unbranched alkanes of at least 4 members (excludes halogenated alkanes) is 8. The van der Waals surface area contributed by atoms with Gasteiger partial charge >= 0.3 is 0 Å². The third-order valence-corrected chi connectivity index (χ3v) is 5.35. The maximum atomic E-state index is 10.6. The van der Waals surface area contributed by atoms with Gasteiger partial charge in [0, 0.05) is 0 Å². The molecule has 2 atom stereocenters. The number of benzene rings is 1. The Morgan fingerprint density at radius 3 is 2.22 bits per heavy atom. The van der Waals surface area contributed by atoms with Gasteiger partial charge in [0.25, 0.3) is 0 Å². The van der Waals surface area contributed by atoms with Crippen LogP contribution in [0, 0.1) is 5.92 Å². The first-order valence-corrected chi connectivity index (χ1v) is 10.8. The second kappa shape index (κ2) is 14.5. The number of phenolic OH excluding ortho intramolecular Hbond substituents is 1. The number of hydrogen-bond donors (Lipinski definition) is 3. The Bertz CT molecular complexity index is 518. The molecule has 0 radical (unpaired) electrons. The molecular weight excluding hydrogens is 338 g/mol. The van der Waals surface area contributed by atoms with Gasteiger partial charge in [-0.05, 0) is 36.5 Å². The van der Waals surface area contributed by atoms with E-state index >= 15 is 0 Å². The zero-order chi connectivity index (χ0) is 19.9. The smallest absolute Gasteiger partial charge is 0.211 e. The van der Waals surface area contributed by atoms with Crippen molar-refractivity contribution in [2.75, 3.05) is 5.32 Å². The molecule has 0 aliphatic heterocycles. The number of aliphatic hydroxyl groups excluding tert-OH is 1. The second-order valence-electron chi connectivity index (χ2n) is 7.85. The first-order valence-electron chi connectivity index (χ1n) is 10.8. The summed E-state index contributed by atoms with van der Waals surface area (Å²) in [5.41, 5.74) is 1.07. The number of phenols is 1. The first kappa shape index (κ1) is 23.5. The van der Waals surface area contributed by atoms with Crippen LogP contribution >= 0.6 is 0 Å². The number of aliphatic hydroxyl groups is 1. The molecular formula is C23H39NO3. The van der Waals surface area contributed by atoms with E-state index in [1.54, 1.807) is 12.1 Å². The normalized spacial score (nSPS) is 13.3. The molecule has 1 rings (SSSR count). The average molecular weight is 378 g/mol. The highest BCUT2D eigenvalue weighted by Crippen LogP contribution is 2.29. The molecule has 0 spiro atoms. The predicted octanol–water partition coefficient (Wildman–Crippen LogP) is 6.33. The lowest BCUT2D eigenvalue weighted by molar-refractivity contribution is -0.105. The van der Waals surface area contributed by atoms with Crippen LogP contribution in [0.2, 0.25) is 0 Å². The van der Waals surface area contributed by atoms with Gasteiger partial charge in [0.05, 0.1) is 11.8 Å². The quantitative estimate of drug-likeness (QED) is 0.179. The Balaban J connectivity index is 2.16. The van der Waals surface area contributed by atoms with Crippen LogP contribution in [0.1, 0.15) is 103 Å². The van der Waals surface area contributed by atoms with Crippen molar-refractivity contribution in [2.24, 2.45) is 5.92 Å². The molecule has 4 nitrogen and oxygen atoms in total. The number of aromatic hydroxyl groups is 1. The van der Waals surface area contributed by atoms with Crippen LogP contribution in [-0.2, 0) is 4.79 Å². The number of nitrogens with one attached hydrogen (secondary N) is 1. The summed E-state index contributed by atoms with van der Waals surface area (Å²) in [5, 5.41) is 22.5. The summed E-state index contributed by atoms with van der Waals surface area (Å²) < 4.78 is 0. The molecule has 3 N–H and O–H groups in total. The molecule has 1 unspecified atom stereocenters. The molecule has 4 heteroatoms. The molecule has 1 aromatic rings. The SMILES string of the molecule is CCCCCCCCCCCC(C)CC[C@H](O)c1ccc(O)c(NC=O)c1. The van der Waals surface area contributed by atoms with Crippen LogP contribution in [0.5, 0.6) is 5.75 Å². The van der Waals surface area contributed by atoms with E-state index in [-0.39, 0.29) is 5.75 Å². The van der Waals surface area contributed by atoms with Crippen molar-refractivity contribution in [3.05, 3.63) is 23.8 Å². The highest BCUT2D eigenvalue weighted by Gasteiger charge is 2.12. The molecule has 0 aliphatic carbocycles. The van der Waals surface area contributed by atoms with Gasteiger partial charge in [0.2, 0.25) is 6.41 Å². The van der Waals surface area contributed by atoms with Gasteiger partial charge in [0.15, 0.2) is 0 Å². The zero-order valence-corrected chi connectivity index (χ0v) is 17.3. The van der Waals surface area contributed by atoms with Crippen molar-refractivity contribution in [3.8, 4) is 5.75 Å². The minimum Gasteiger partial charge on any atom is -0.506 e. The molecule has 27 heavy (non-hydrogen) atoms.